The van der Waals surface area contributed by atoms with Gasteiger partial charge in [0.2, 0.25) is 11.0 Å². The minimum Gasteiger partial charge on any atom is -0.326 e. The second-order valence-corrected chi connectivity index (χ2v) is 5.08. The minimum absolute atomic E-state index is 0.0802. The SMILES string of the molecule is CC(=O)Nc1ccc2nc(NN=C(C)C)sc2c1. The van der Waals surface area contributed by atoms with Crippen LogP contribution in [0.15, 0.2) is 23.3 Å². The Balaban J connectivity index is 2.28. The van der Waals surface area contributed by atoms with Gasteiger partial charge in [0.15, 0.2) is 0 Å². The first-order valence-corrected chi connectivity index (χ1v) is 6.31. The van der Waals surface area contributed by atoms with Crippen LogP contribution in [0.3, 0.4) is 0 Å². The zero-order chi connectivity index (χ0) is 13.1. The van der Waals surface area contributed by atoms with Gasteiger partial charge in [-0.05, 0) is 32.0 Å². The third-order valence-electron chi connectivity index (χ3n) is 2.08. The first-order valence-electron chi connectivity index (χ1n) is 5.49. The maximum absolute atomic E-state index is 11.0. The monoisotopic (exact) mass is 262 g/mol. The molecule has 1 aromatic heterocycles. The fourth-order valence-corrected chi connectivity index (χ4v) is 2.26. The topological polar surface area (TPSA) is 66.4 Å². The number of hydrazone groups is 1. The average Bonchev–Trinajstić information content (AvgIpc) is 2.67. The zero-order valence-electron chi connectivity index (χ0n) is 10.4. The van der Waals surface area contributed by atoms with Crippen molar-refractivity contribution >= 4 is 44.0 Å². The molecule has 1 aromatic carbocycles. The molecule has 2 rings (SSSR count). The van der Waals surface area contributed by atoms with Crippen molar-refractivity contribution in [1.29, 1.82) is 0 Å². The Labute approximate surface area is 109 Å². The lowest BCUT2D eigenvalue weighted by Crippen LogP contribution is -2.05. The summed E-state index contributed by atoms with van der Waals surface area (Å²) in [6.07, 6.45) is 0. The highest BCUT2D eigenvalue weighted by Gasteiger charge is 2.04. The van der Waals surface area contributed by atoms with E-state index >= 15 is 0 Å². The number of benzene rings is 1. The van der Waals surface area contributed by atoms with Gasteiger partial charge >= 0.3 is 0 Å². The van der Waals surface area contributed by atoms with E-state index in [0.29, 0.717) is 0 Å². The molecule has 0 saturated carbocycles. The van der Waals surface area contributed by atoms with Crippen LogP contribution in [-0.2, 0) is 4.79 Å². The van der Waals surface area contributed by atoms with E-state index in [-0.39, 0.29) is 5.91 Å². The number of aromatic nitrogens is 1. The smallest absolute Gasteiger partial charge is 0.221 e. The summed E-state index contributed by atoms with van der Waals surface area (Å²) in [5.41, 5.74) is 5.51. The summed E-state index contributed by atoms with van der Waals surface area (Å²) in [7, 11) is 0. The Hall–Kier alpha value is -1.95. The Morgan fingerprint density at radius 2 is 2.11 bits per heavy atom. The van der Waals surface area contributed by atoms with Gasteiger partial charge in [0.05, 0.1) is 10.2 Å². The molecular formula is C12H14N4OS. The number of fused-ring (bicyclic) bond motifs is 1. The van der Waals surface area contributed by atoms with Crippen LogP contribution in [-0.4, -0.2) is 16.6 Å². The van der Waals surface area contributed by atoms with Crippen molar-refractivity contribution in [1.82, 2.24) is 4.98 Å². The molecule has 0 aliphatic carbocycles. The number of carbonyl (C=O) groups excluding carboxylic acids is 1. The minimum atomic E-state index is -0.0802. The number of carbonyl (C=O) groups is 1. The molecule has 6 heteroatoms. The molecule has 5 nitrogen and oxygen atoms in total. The lowest BCUT2D eigenvalue weighted by molar-refractivity contribution is -0.114. The van der Waals surface area contributed by atoms with Gasteiger partial charge < -0.3 is 5.32 Å². The summed E-state index contributed by atoms with van der Waals surface area (Å²) < 4.78 is 1.01. The lowest BCUT2D eigenvalue weighted by atomic mass is 10.3. The summed E-state index contributed by atoms with van der Waals surface area (Å²) in [4.78, 5) is 15.4. The van der Waals surface area contributed by atoms with Gasteiger partial charge in [-0.2, -0.15) is 5.10 Å². The quantitative estimate of drug-likeness (QED) is 0.660. The van der Waals surface area contributed by atoms with E-state index in [2.05, 4.69) is 20.8 Å². The summed E-state index contributed by atoms with van der Waals surface area (Å²) in [6.45, 7) is 5.31. The average molecular weight is 262 g/mol. The molecule has 0 radical (unpaired) electrons. The summed E-state index contributed by atoms with van der Waals surface area (Å²) in [5.74, 6) is -0.0802. The molecule has 0 unspecified atom stereocenters. The number of nitrogens with zero attached hydrogens (tertiary/aromatic N) is 2. The second kappa shape index (κ2) is 5.14. The second-order valence-electron chi connectivity index (χ2n) is 4.05. The van der Waals surface area contributed by atoms with Crippen LogP contribution in [0.2, 0.25) is 0 Å². The molecule has 94 valence electrons. The molecule has 0 bridgehead atoms. The number of thiazole rings is 1. The largest absolute Gasteiger partial charge is 0.326 e. The highest BCUT2D eigenvalue weighted by Crippen LogP contribution is 2.28. The molecule has 0 saturated heterocycles. The maximum atomic E-state index is 11.0. The number of nitrogens with one attached hydrogen (secondary N) is 2. The van der Waals surface area contributed by atoms with Crippen LogP contribution in [0.4, 0.5) is 10.8 Å². The molecule has 0 fully saturated rings. The molecule has 1 heterocycles. The van der Waals surface area contributed by atoms with E-state index in [4.69, 9.17) is 0 Å². The van der Waals surface area contributed by atoms with Crippen LogP contribution in [0.5, 0.6) is 0 Å². The van der Waals surface area contributed by atoms with E-state index in [1.54, 1.807) is 0 Å². The summed E-state index contributed by atoms with van der Waals surface area (Å²) >= 11 is 1.50. The van der Waals surface area contributed by atoms with Gasteiger partial charge in [-0.15, -0.1) is 0 Å². The van der Waals surface area contributed by atoms with E-state index in [1.165, 1.54) is 18.3 Å². The number of hydrogen-bond acceptors (Lipinski definition) is 5. The third kappa shape index (κ3) is 3.04. The first kappa shape index (κ1) is 12.5. The van der Waals surface area contributed by atoms with Gasteiger partial charge in [-0.25, -0.2) is 4.98 Å². The van der Waals surface area contributed by atoms with Crippen LogP contribution in [0.1, 0.15) is 20.8 Å². The highest BCUT2D eigenvalue weighted by atomic mass is 32.1. The molecule has 1 amide bonds. The van der Waals surface area contributed by atoms with Crippen molar-refractivity contribution in [3.8, 4) is 0 Å². The molecule has 0 spiro atoms. The Morgan fingerprint density at radius 3 is 2.78 bits per heavy atom. The van der Waals surface area contributed by atoms with E-state index < -0.39 is 0 Å². The number of hydrogen-bond donors (Lipinski definition) is 2. The molecule has 18 heavy (non-hydrogen) atoms. The Kier molecular flexibility index (Phi) is 3.57. The van der Waals surface area contributed by atoms with Crippen molar-refractivity contribution in [2.24, 2.45) is 5.10 Å². The zero-order valence-corrected chi connectivity index (χ0v) is 11.3. The first-order chi connectivity index (χ1) is 8.54. The fraction of sp³-hybridized carbons (Fsp3) is 0.250. The standard InChI is InChI=1S/C12H14N4OS/c1-7(2)15-16-12-14-10-5-4-9(13-8(3)17)6-11(10)18-12/h4-6H,1-3H3,(H,13,17)(H,14,16). The highest BCUT2D eigenvalue weighted by molar-refractivity contribution is 7.22. The van der Waals surface area contributed by atoms with Crippen LogP contribution in [0.25, 0.3) is 10.2 Å². The van der Waals surface area contributed by atoms with E-state index in [1.807, 2.05) is 32.0 Å². The van der Waals surface area contributed by atoms with Crippen LogP contribution < -0.4 is 10.7 Å². The van der Waals surface area contributed by atoms with E-state index in [0.717, 1.165) is 26.7 Å². The molecule has 0 aliphatic heterocycles. The fourth-order valence-electron chi connectivity index (χ4n) is 1.41. The van der Waals surface area contributed by atoms with Gasteiger partial charge in [0.1, 0.15) is 0 Å². The number of amides is 1. The molecule has 0 atom stereocenters. The summed E-state index contributed by atoms with van der Waals surface area (Å²) in [5, 5.41) is 7.60. The Bertz CT molecular complexity index is 614. The van der Waals surface area contributed by atoms with Gasteiger partial charge in [-0.1, -0.05) is 11.3 Å². The van der Waals surface area contributed by atoms with Crippen molar-refractivity contribution in [2.45, 2.75) is 20.8 Å². The normalized spacial score (nSPS) is 10.2. The number of anilines is 2. The van der Waals surface area contributed by atoms with Crippen LogP contribution in [0, 0.1) is 0 Å². The molecular weight excluding hydrogens is 248 g/mol. The predicted octanol–water partition coefficient (Wildman–Crippen LogP) is 3.06. The Morgan fingerprint density at radius 1 is 1.33 bits per heavy atom. The van der Waals surface area contributed by atoms with Gasteiger partial charge in [0, 0.05) is 18.3 Å². The van der Waals surface area contributed by atoms with Crippen molar-refractivity contribution in [3.63, 3.8) is 0 Å². The third-order valence-corrected chi connectivity index (χ3v) is 3.01. The molecule has 0 aliphatic rings. The van der Waals surface area contributed by atoms with Gasteiger partial charge in [0.25, 0.3) is 0 Å². The van der Waals surface area contributed by atoms with Crippen molar-refractivity contribution < 1.29 is 4.79 Å². The lowest BCUT2D eigenvalue weighted by Gasteiger charge is -1.99. The van der Waals surface area contributed by atoms with Crippen LogP contribution >= 0.6 is 11.3 Å². The molecule has 2 N–H and O–H groups in total. The predicted molar refractivity (Wildman–Crippen MR) is 76.3 cm³/mol. The van der Waals surface area contributed by atoms with E-state index in [9.17, 15) is 4.79 Å². The maximum Gasteiger partial charge on any atom is 0.221 e. The summed E-state index contributed by atoms with van der Waals surface area (Å²) in [6, 6.07) is 5.62. The van der Waals surface area contributed by atoms with Crippen molar-refractivity contribution in [3.05, 3.63) is 18.2 Å². The number of rotatable bonds is 3. The van der Waals surface area contributed by atoms with Crippen molar-refractivity contribution in [2.75, 3.05) is 10.7 Å². The molecule has 2 aromatic rings. The van der Waals surface area contributed by atoms with Gasteiger partial charge in [-0.3, -0.25) is 10.2 Å².